The number of nitro benzene ring substituents is 1. The molecule has 9 heteroatoms. The number of hydrogen-bond acceptors (Lipinski definition) is 6. The van der Waals surface area contributed by atoms with E-state index in [4.69, 9.17) is 4.74 Å². The lowest BCUT2D eigenvalue weighted by Crippen LogP contribution is -2.24. The molecule has 152 valence electrons. The van der Waals surface area contributed by atoms with Crippen LogP contribution in [0.2, 0.25) is 0 Å². The lowest BCUT2D eigenvalue weighted by molar-refractivity contribution is -0.384. The predicted octanol–water partition coefficient (Wildman–Crippen LogP) is 2.82. The number of nitrogens with one attached hydrogen (secondary N) is 2. The van der Waals surface area contributed by atoms with Gasteiger partial charge in [-0.15, -0.1) is 6.58 Å². The van der Waals surface area contributed by atoms with Gasteiger partial charge in [0.05, 0.1) is 4.92 Å². The fraction of sp³-hybridized carbons (Fsp3) is 0.0952. The Hall–Kier alpha value is -4.45. The van der Waals surface area contributed by atoms with Gasteiger partial charge in [0.25, 0.3) is 17.5 Å². The van der Waals surface area contributed by atoms with Gasteiger partial charge in [0, 0.05) is 29.9 Å². The number of ether oxygens (including phenoxy) is 1. The largest absolute Gasteiger partial charge is 0.483 e. The Morgan fingerprint density at radius 3 is 2.60 bits per heavy atom. The van der Waals surface area contributed by atoms with Crippen LogP contribution in [0.25, 0.3) is 6.08 Å². The van der Waals surface area contributed by atoms with Crippen molar-refractivity contribution in [3.8, 4) is 11.8 Å². The Morgan fingerprint density at radius 2 is 1.97 bits per heavy atom. The van der Waals surface area contributed by atoms with Gasteiger partial charge >= 0.3 is 0 Å². The molecule has 30 heavy (non-hydrogen) atoms. The molecule has 2 aromatic carbocycles. The SMILES string of the molecule is C=CCNC(=O)/C(C#N)=C/c1cc([N+](=O)[O-])ccc1OCC(=O)Nc1ccccc1. The van der Waals surface area contributed by atoms with E-state index in [1.165, 1.54) is 18.2 Å². The summed E-state index contributed by atoms with van der Waals surface area (Å²) in [5.41, 5.74) is 0.157. The van der Waals surface area contributed by atoms with E-state index in [0.717, 1.165) is 12.1 Å². The third-order valence-corrected chi connectivity index (χ3v) is 3.69. The van der Waals surface area contributed by atoms with Crippen LogP contribution in [0.1, 0.15) is 5.56 Å². The average Bonchev–Trinajstić information content (AvgIpc) is 2.75. The third-order valence-electron chi connectivity index (χ3n) is 3.69. The highest BCUT2D eigenvalue weighted by Gasteiger charge is 2.15. The van der Waals surface area contributed by atoms with Crippen LogP contribution in [0.4, 0.5) is 11.4 Å². The number of benzene rings is 2. The summed E-state index contributed by atoms with van der Waals surface area (Å²) in [6, 6.07) is 14.1. The van der Waals surface area contributed by atoms with Crippen molar-refractivity contribution in [3.63, 3.8) is 0 Å². The molecule has 2 amide bonds. The van der Waals surface area contributed by atoms with Crippen LogP contribution in [0.3, 0.4) is 0 Å². The first-order valence-electron chi connectivity index (χ1n) is 8.71. The van der Waals surface area contributed by atoms with Crippen LogP contribution >= 0.6 is 0 Å². The Balaban J connectivity index is 2.24. The van der Waals surface area contributed by atoms with Crippen LogP contribution in [0.15, 0.2) is 66.8 Å². The zero-order chi connectivity index (χ0) is 21.9. The van der Waals surface area contributed by atoms with E-state index in [0.29, 0.717) is 5.69 Å². The summed E-state index contributed by atoms with van der Waals surface area (Å²) >= 11 is 0. The Morgan fingerprint density at radius 1 is 1.23 bits per heavy atom. The normalized spacial score (nSPS) is 10.4. The standard InChI is InChI=1S/C21H18N4O5/c1-2-10-23-21(27)16(13-22)11-15-12-18(25(28)29)8-9-19(15)30-14-20(26)24-17-6-4-3-5-7-17/h2-9,11-12H,1,10,14H2,(H,23,27)(H,24,26)/b16-11+. The molecule has 0 saturated heterocycles. The molecule has 0 spiro atoms. The van der Waals surface area contributed by atoms with Gasteiger partial charge in [0.15, 0.2) is 6.61 Å². The molecule has 0 aliphatic rings. The molecular formula is C21H18N4O5. The van der Waals surface area contributed by atoms with Crippen molar-refractivity contribution >= 4 is 29.3 Å². The fourth-order valence-corrected chi connectivity index (χ4v) is 2.32. The summed E-state index contributed by atoms with van der Waals surface area (Å²) in [7, 11) is 0. The van der Waals surface area contributed by atoms with Crippen molar-refractivity contribution in [2.24, 2.45) is 0 Å². The second-order valence-electron chi connectivity index (χ2n) is 5.85. The molecule has 0 saturated carbocycles. The minimum atomic E-state index is -0.670. The van der Waals surface area contributed by atoms with E-state index in [9.17, 15) is 25.0 Å². The number of hydrogen-bond donors (Lipinski definition) is 2. The lowest BCUT2D eigenvalue weighted by Gasteiger charge is -2.10. The molecule has 0 radical (unpaired) electrons. The quantitative estimate of drug-likeness (QED) is 0.216. The van der Waals surface area contributed by atoms with Crippen molar-refractivity contribution in [2.75, 3.05) is 18.5 Å². The second kappa shape index (κ2) is 10.8. The van der Waals surface area contributed by atoms with Crippen molar-refractivity contribution in [1.82, 2.24) is 5.32 Å². The Kier molecular flexibility index (Phi) is 7.85. The molecular weight excluding hydrogens is 388 g/mol. The lowest BCUT2D eigenvalue weighted by atomic mass is 10.1. The highest BCUT2D eigenvalue weighted by Crippen LogP contribution is 2.26. The third kappa shape index (κ3) is 6.31. The summed E-state index contributed by atoms with van der Waals surface area (Å²) in [6.07, 6.45) is 2.61. The first kappa shape index (κ1) is 21.8. The number of nitro groups is 1. The number of nitriles is 1. The Labute approximate surface area is 172 Å². The summed E-state index contributed by atoms with van der Waals surface area (Å²) in [4.78, 5) is 34.6. The molecule has 9 nitrogen and oxygen atoms in total. The first-order chi connectivity index (χ1) is 14.4. The number of carbonyl (C=O) groups excluding carboxylic acids is 2. The van der Waals surface area contributed by atoms with Gasteiger partial charge < -0.3 is 15.4 Å². The molecule has 0 unspecified atom stereocenters. The van der Waals surface area contributed by atoms with Crippen LogP contribution in [-0.2, 0) is 9.59 Å². The zero-order valence-electron chi connectivity index (χ0n) is 15.8. The van der Waals surface area contributed by atoms with Crippen LogP contribution in [0, 0.1) is 21.4 Å². The minimum absolute atomic E-state index is 0.105. The number of anilines is 1. The Bertz CT molecular complexity index is 1030. The predicted molar refractivity (Wildman–Crippen MR) is 110 cm³/mol. The van der Waals surface area contributed by atoms with Crippen molar-refractivity contribution in [1.29, 1.82) is 5.26 Å². The molecule has 0 aliphatic heterocycles. The summed E-state index contributed by atoms with van der Waals surface area (Å²) in [5.74, 6) is -1.01. The second-order valence-corrected chi connectivity index (χ2v) is 5.85. The minimum Gasteiger partial charge on any atom is -0.483 e. The topological polar surface area (TPSA) is 134 Å². The van der Waals surface area contributed by atoms with E-state index in [1.807, 2.05) is 0 Å². The number of amides is 2. The number of para-hydroxylation sites is 1. The van der Waals surface area contributed by atoms with Crippen molar-refractivity contribution in [2.45, 2.75) is 0 Å². The highest BCUT2D eigenvalue weighted by atomic mass is 16.6. The summed E-state index contributed by atoms with van der Waals surface area (Å²) in [5, 5.41) is 25.4. The fourth-order valence-electron chi connectivity index (χ4n) is 2.32. The molecule has 0 bridgehead atoms. The number of non-ortho nitro benzene ring substituents is 1. The van der Waals surface area contributed by atoms with Gasteiger partial charge in [-0.2, -0.15) is 5.26 Å². The van der Waals surface area contributed by atoms with E-state index in [2.05, 4.69) is 17.2 Å². The number of rotatable bonds is 9. The molecule has 0 heterocycles. The van der Waals surface area contributed by atoms with E-state index >= 15 is 0 Å². The number of carbonyl (C=O) groups is 2. The molecule has 0 atom stereocenters. The van der Waals surface area contributed by atoms with E-state index in [-0.39, 0.29) is 35.7 Å². The smallest absolute Gasteiger partial charge is 0.270 e. The molecule has 0 aromatic heterocycles. The van der Waals surface area contributed by atoms with Gasteiger partial charge in [-0.05, 0) is 24.3 Å². The molecule has 0 fully saturated rings. The van der Waals surface area contributed by atoms with Gasteiger partial charge in [0.1, 0.15) is 17.4 Å². The summed E-state index contributed by atoms with van der Waals surface area (Å²) < 4.78 is 5.48. The maximum absolute atomic E-state index is 12.1. The van der Waals surface area contributed by atoms with Gasteiger partial charge in [-0.25, -0.2) is 0 Å². The van der Waals surface area contributed by atoms with Crippen molar-refractivity contribution in [3.05, 3.63) is 82.4 Å². The molecule has 2 N–H and O–H groups in total. The van der Waals surface area contributed by atoms with Crippen LogP contribution in [-0.4, -0.2) is 29.9 Å². The van der Waals surface area contributed by atoms with E-state index < -0.39 is 16.7 Å². The monoisotopic (exact) mass is 406 g/mol. The number of nitrogens with zero attached hydrogens (tertiary/aromatic N) is 2. The first-order valence-corrected chi connectivity index (χ1v) is 8.71. The summed E-state index contributed by atoms with van der Waals surface area (Å²) in [6.45, 7) is 3.24. The van der Waals surface area contributed by atoms with Gasteiger partial charge in [-0.3, -0.25) is 19.7 Å². The molecule has 2 rings (SSSR count). The van der Waals surface area contributed by atoms with Crippen molar-refractivity contribution < 1.29 is 19.2 Å². The zero-order valence-corrected chi connectivity index (χ0v) is 15.8. The maximum atomic E-state index is 12.1. The van der Waals surface area contributed by atoms with Gasteiger partial charge in [0.2, 0.25) is 0 Å². The van der Waals surface area contributed by atoms with Crippen LogP contribution in [0.5, 0.6) is 5.75 Å². The molecule has 0 aliphatic carbocycles. The van der Waals surface area contributed by atoms with Gasteiger partial charge in [-0.1, -0.05) is 24.3 Å². The maximum Gasteiger partial charge on any atom is 0.270 e. The average molecular weight is 406 g/mol. The van der Waals surface area contributed by atoms with Crippen LogP contribution < -0.4 is 15.4 Å². The highest BCUT2D eigenvalue weighted by molar-refractivity contribution is 6.02. The van der Waals surface area contributed by atoms with E-state index in [1.54, 1.807) is 36.4 Å². The molecule has 2 aromatic rings.